The number of halogens is 1. The molecule has 2 heterocycles. The van der Waals surface area contributed by atoms with E-state index < -0.39 is 5.82 Å². The molecule has 3 aromatic rings. The molecule has 2 N–H and O–H groups in total. The lowest BCUT2D eigenvalue weighted by molar-refractivity contribution is -0.118. The lowest BCUT2D eigenvalue weighted by Gasteiger charge is -2.19. The summed E-state index contributed by atoms with van der Waals surface area (Å²) in [5, 5.41) is 4.90. The number of anilines is 1. The average molecular weight is 433 g/mol. The zero-order chi connectivity index (χ0) is 23.0. The Hall–Kier alpha value is -2.97. The first-order chi connectivity index (χ1) is 14.9. The van der Waals surface area contributed by atoms with Crippen molar-refractivity contribution in [2.75, 3.05) is 19.9 Å². The molecule has 0 bridgehead atoms. The number of aryl methyl sites for hydroxylation is 1. The molecule has 1 aliphatic rings. The minimum absolute atomic E-state index is 0.0989. The Kier molecular flexibility index (Phi) is 8.96. The molecular weight excluding hydrogens is 399 g/mol. The van der Waals surface area contributed by atoms with Crippen LogP contribution in [-0.2, 0) is 11.2 Å². The standard InChI is InChI=1S/C17H21FN6O2.C3H6.C2H6/c1-10(23(2)9-25)5-4-6-15-21-16-11-7-12(18)14(26-3)8-13(11)20-17(19)24(16)22-15;1-2-3-1;1-2/h7-10H,4-6H2,1-3H3,(H2,19,20);1-3H2;1-2H3/t10-;;/m0../s1. The number of benzene rings is 1. The highest BCUT2D eigenvalue weighted by molar-refractivity contribution is 5.93. The fourth-order valence-corrected chi connectivity index (χ4v) is 2.80. The van der Waals surface area contributed by atoms with Crippen molar-refractivity contribution in [2.45, 2.75) is 65.3 Å². The molecule has 1 saturated carbocycles. The normalized spacial score (nSPS) is 13.0. The van der Waals surface area contributed by atoms with Crippen LogP contribution in [0.4, 0.5) is 10.3 Å². The summed E-state index contributed by atoms with van der Waals surface area (Å²) in [4.78, 5) is 21.2. The predicted molar refractivity (Wildman–Crippen MR) is 121 cm³/mol. The largest absolute Gasteiger partial charge is 0.494 e. The van der Waals surface area contributed by atoms with E-state index in [2.05, 4.69) is 15.1 Å². The number of ether oxygens (including phenoxy) is 1. The number of nitrogens with zero attached hydrogens (tertiary/aromatic N) is 5. The highest BCUT2D eigenvalue weighted by atomic mass is 19.1. The van der Waals surface area contributed by atoms with Crippen LogP contribution in [0.2, 0.25) is 0 Å². The van der Waals surface area contributed by atoms with Crippen LogP contribution in [0, 0.1) is 5.82 Å². The molecule has 8 nitrogen and oxygen atoms in total. The first-order valence-electron chi connectivity index (χ1n) is 10.8. The number of nitrogens with two attached hydrogens (primary N) is 1. The van der Waals surface area contributed by atoms with Crippen LogP contribution in [0.3, 0.4) is 0 Å². The Morgan fingerprint density at radius 1 is 1.29 bits per heavy atom. The topological polar surface area (TPSA) is 98.6 Å². The van der Waals surface area contributed by atoms with Crippen LogP contribution < -0.4 is 10.5 Å². The van der Waals surface area contributed by atoms with Gasteiger partial charge in [0.25, 0.3) is 0 Å². The molecule has 1 fully saturated rings. The molecule has 0 saturated heterocycles. The van der Waals surface area contributed by atoms with Crippen LogP contribution in [0.25, 0.3) is 16.6 Å². The van der Waals surface area contributed by atoms with Gasteiger partial charge in [0, 0.05) is 31.0 Å². The maximum atomic E-state index is 14.1. The van der Waals surface area contributed by atoms with E-state index in [-0.39, 0.29) is 17.7 Å². The van der Waals surface area contributed by atoms with Gasteiger partial charge >= 0.3 is 0 Å². The molecule has 0 radical (unpaired) electrons. The summed E-state index contributed by atoms with van der Waals surface area (Å²) in [5.41, 5.74) is 6.92. The number of fused-ring (bicyclic) bond motifs is 3. The number of rotatable bonds is 7. The molecule has 1 atom stereocenters. The van der Waals surface area contributed by atoms with Gasteiger partial charge in [-0.2, -0.15) is 4.52 Å². The van der Waals surface area contributed by atoms with Crippen molar-refractivity contribution in [3.8, 4) is 5.75 Å². The van der Waals surface area contributed by atoms with Crippen LogP contribution in [0.1, 0.15) is 58.7 Å². The summed E-state index contributed by atoms with van der Waals surface area (Å²) in [6.07, 6.45) is 7.57. The van der Waals surface area contributed by atoms with Gasteiger partial charge in [0.05, 0.1) is 12.6 Å². The number of carbonyl (C=O) groups excluding carboxylic acids is 1. The van der Waals surface area contributed by atoms with Crippen molar-refractivity contribution in [1.82, 2.24) is 24.5 Å². The molecule has 9 heteroatoms. The van der Waals surface area contributed by atoms with Gasteiger partial charge in [-0.15, -0.1) is 5.10 Å². The summed E-state index contributed by atoms with van der Waals surface area (Å²) in [5.74, 6) is 0.377. The fraction of sp³-hybridized carbons (Fsp3) is 0.545. The van der Waals surface area contributed by atoms with Crippen molar-refractivity contribution in [3.63, 3.8) is 0 Å². The smallest absolute Gasteiger partial charge is 0.223 e. The number of nitrogen functional groups attached to an aromatic ring is 1. The Labute approximate surface area is 182 Å². The quantitative estimate of drug-likeness (QED) is 0.567. The molecule has 31 heavy (non-hydrogen) atoms. The van der Waals surface area contributed by atoms with Gasteiger partial charge in [0.1, 0.15) is 0 Å². The maximum absolute atomic E-state index is 14.1. The van der Waals surface area contributed by atoms with E-state index in [1.54, 1.807) is 11.9 Å². The number of amides is 1. The highest BCUT2D eigenvalue weighted by Gasteiger charge is 2.15. The Morgan fingerprint density at radius 2 is 1.97 bits per heavy atom. The van der Waals surface area contributed by atoms with Gasteiger partial charge in [0.2, 0.25) is 12.4 Å². The number of aromatic nitrogens is 4. The third kappa shape index (κ3) is 6.26. The first-order valence-corrected chi connectivity index (χ1v) is 10.8. The SMILES string of the molecule is C1CC1.CC.COc1cc2nc(N)n3nc(CCC[C@H](C)N(C)C=O)nc3c2cc1F. The summed E-state index contributed by atoms with van der Waals surface area (Å²) < 4.78 is 20.5. The Morgan fingerprint density at radius 3 is 2.55 bits per heavy atom. The second kappa shape index (κ2) is 11.4. The Balaban J connectivity index is 0.000000612. The van der Waals surface area contributed by atoms with E-state index >= 15 is 0 Å². The minimum atomic E-state index is -0.497. The summed E-state index contributed by atoms with van der Waals surface area (Å²) >= 11 is 0. The van der Waals surface area contributed by atoms with E-state index in [0.29, 0.717) is 28.8 Å². The van der Waals surface area contributed by atoms with Crippen molar-refractivity contribution in [2.24, 2.45) is 0 Å². The summed E-state index contributed by atoms with van der Waals surface area (Å²) in [7, 11) is 3.15. The lowest BCUT2D eigenvalue weighted by Crippen LogP contribution is -2.27. The highest BCUT2D eigenvalue weighted by Crippen LogP contribution is 2.27. The lowest BCUT2D eigenvalue weighted by atomic mass is 10.1. The second-order valence-electron chi connectivity index (χ2n) is 7.31. The van der Waals surface area contributed by atoms with Gasteiger partial charge in [-0.25, -0.2) is 14.4 Å². The zero-order valence-corrected chi connectivity index (χ0v) is 19.1. The van der Waals surface area contributed by atoms with Crippen molar-refractivity contribution in [3.05, 3.63) is 23.8 Å². The number of hydrogen-bond acceptors (Lipinski definition) is 6. The molecule has 0 unspecified atom stereocenters. The maximum Gasteiger partial charge on any atom is 0.223 e. The van der Waals surface area contributed by atoms with Crippen LogP contribution in [-0.4, -0.2) is 51.1 Å². The molecule has 1 aliphatic carbocycles. The average Bonchev–Trinajstić information content (AvgIpc) is 3.61. The van der Waals surface area contributed by atoms with Crippen LogP contribution >= 0.6 is 0 Å². The fourth-order valence-electron chi connectivity index (χ4n) is 2.80. The van der Waals surface area contributed by atoms with Crippen LogP contribution in [0.5, 0.6) is 5.75 Å². The van der Waals surface area contributed by atoms with E-state index in [1.165, 1.54) is 43.0 Å². The number of carbonyl (C=O) groups is 1. The van der Waals surface area contributed by atoms with Crippen LogP contribution in [0.15, 0.2) is 12.1 Å². The van der Waals surface area contributed by atoms with Gasteiger partial charge in [0.15, 0.2) is 23.0 Å². The zero-order valence-electron chi connectivity index (χ0n) is 19.1. The number of methoxy groups -OCH3 is 1. The molecule has 4 rings (SSSR count). The van der Waals surface area contributed by atoms with E-state index in [4.69, 9.17) is 10.5 Å². The first kappa shape index (κ1) is 24.3. The van der Waals surface area contributed by atoms with E-state index in [1.807, 2.05) is 20.8 Å². The summed E-state index contributed by atoms with van der Waals surface area (Å²) in [6.45, 7) is 5.98. The van der Waals surface area contributed by atoms with Crippen molar-refractivity contribution in [1.29, 1.82) is 0 Å². The van der Waals surface area contributed by atoms with E-state index in [0.717, 1.165) is 19.3 Å². The molecular formula is C22H33FN6O2. The Bertz CT molecular complexity index is 1000. The van der Waals surface area contributed by atoms with Crippen molar-refractivity contribution < 1.29 is 13.9 Å². The molecule has 0 aliphatic heterocycles. The van der Waals surface area contributed by atoms with E-state index in [9.17, 15) is 9.18 Å². The molecule has 1 aromatic carbocycles. The van der Waals surface area contributed by atoms with Gasteiger partial charge in [-0.05, 0) is 25.8 Å². The monoisotopic (exact) mass is 432 g/mol. The van der Waals surface area contributed by atoms with Crippen molar-refractivity contribution >= 4 is 28.9 Å². The molecule has 2 aromatic heterocycles. The molecule has 1 amide bonds. The third-order valence-electron chi connectivity index (χ3n) is 4.85. The molecule has 170 valence electrons. The third-order valence-corrected chi connectivity index (χ3v) is 4.85. The van der Waals surface area contributed by atoms with Gasteiger partial charge < -0.3 is 15.4 Å². The van der Waals surface area contributed by atoms with Gasteiger partial charge in [-0.3, -0.25) is 4.79 Å². The second-order valence-corrected chi connectivity index (χ2v) is 7.31. The number of hydrogen-bond donors (Lipinski definition) is 1. The predicted octanol–water partition coefficient (Wildman–Crippen LogP) is 4.00. The molecule has 0 spiro atoms. The van der Waals surface area contributed by atoms with Gasteiger partial charge in [-0.1, -0.05) is 33.1 Å². The summed E-state index contributed by atoms with van der Waals surface area (Å²) in [6, 6.07) is 2.96. The minimum Gasteiger partial charge on any atom is -0.494 e.